The number of carbonyl (C=O) groups excluding carboxylic acids is 3. The Morgan fingerprint density at radius 1 is 1.09 bits per heavy atom. The van der Waals surface area contributed by atoms with Crippen molar-refractivity contribution in [2.24, 2.45) is 0 Å². The maximum absolute atomic E-state index is 13.2. The van der Waals surface area contributed by atoms with Crippen LogP contribution in [0.5, 0.6) is 11.5 Å². The van der Waals surface area contributed by atoms with E-state index in [-0.39, 0.29) is 23.9 Å². The van der Waals surface area contributed by atoms with Gasteiger partial charge in [-0.3, -0.25) is 19.8 Å². The van der Waals surface area contributed by atoms with Gasteiger partial charge in [-0.1, -0.05) is 25.1 Å². The summed E-state index contributed by atoms with van der Waals surface area (Å²) in [6.45, 7) is 3.73. The van der Waals surface area contributed by atoms with E-state index in [1.807, 2.05) is 19.1 Å². The molecule has 0 atom stereocenters. The molecule has 1 saturated heterocycles. The number of rotatable bonds is 8. The first kappa shape index (κ1) is 23.9. The molecule has 2 aromatic carbocycles. The molecule has 0 bridgehead atoms. The smallest absolute Gasteiger partial charge is 0.344 e. The summed E-state index contributed by atoms with van der Waals surface area (Å²) in [7, 11) is 1.45. The van der Waals surface area contributed by atoms with Gasteiger partial charge in [0.25, 0.3) is 11.8 Å². The zero-order chi connectivity index (χ0) is 24.0. The van der Waals surface area contributed by atoms with Crippen LogP contribution in [0, 0.1) is 0 Å². The molecule has 0 saturated carbocycles. The van der Waals surface area contributed by atoms with Crippen LogP contribution in [0.3, 0.4) is 0 Å². The molecule has 1 aliphatic heterocycles. The fourth-order valence-electron chi connectivity index (χ4n) is 3.17. The van der Waals surface area contributed by atoms with E-state index in [9.17, 15) is 14.4 Å². The van der Waals surface area contributed by atoms with Crippen LogP contribution in [0.4, 0.5) is 5.69 Å². The summed E-state index contributed by atoms with van der Waals surface area (Å²) in [5.41, 5.74) is 2.13. The van der Waals surface area contributed by atoms with E-state index in [2.05, 4.69) is 5.32 Å². The SMILES string of the molecule is CCOC(=O)COc1ccc(C=C2C(=O)NC(=S)N(c3ccc(CC)cc3)C2=O)cc1OC. The van der Waals surface area contributed by atoms with Gasteiger partial charge in [0, 0.05) is 0 Å². The van der Waals surface area contributed by atoms with Crippen LogP contribution in [0.15, 0.2) is 48.0 Å². The van der Waals surface area contributed by atoms with Crippen LogP contribution in [0.25, 0.3) is 6.08 Å². The number of nitrogens with one attached hydrogen (secondary N) is 1. The highest BCUT2D eigenvalue weighted by Crippen LogP contribution is 2.30. The minimum absolute atomic E-state index is 0.0201. The highest BCUT2D eigenvalue weighted by atomic mass is 32.1. The minimum Gasteiger partial charge on any atom is -0.493 e. The van der Waals surface area contributed by atoms with Gasteiger partial charge in [0.2, 0.25) is 0 Å². The van der Waals surface area contributed by atoms with E-state index < -0.39 is 17.8 Å². The topological polar surface area (TPSA) is 94.2 Å². The molecule has 0 aliphatic carbocycles. The lowest BCUT2D eigenvalue weighted by atomic mass is 10.1. The average Bonchev–Trinajstić information content (AvgIpc) is 2.81. The summed E-state index contributed by atoms with van der Waals surface area (Å²) in [6, 6.07) is 12.2. The van der Waals surface area contributed by atoms with Gasteiger partial charge in [-0.05, 0) is 67.0 Å². The third-order valence-electron chi connectivity index (χ3n) is 4.85. The number of amides is 2. The summed E-state index contributed by atoms with van der Waals surface area (Å²) < 4.78 is 15.6. The number of ether oxygens (including phenoxy) is 3. The summed E-state index contributed by atoms with van der Waals surface area (Å²) in [5, 5.41) is 2.58. The molecule has 0 aromatic heterocycles. The van der Waals surface area contributed by atoms with Gasteiger partial charge in [0.15, 0.2) is 23.2 Å². The molecule has 3 rings (SSSR count). The maximum atomic E-state index is 13.2. The van der Waals surface area contributed by atoms with Crippen LogP contribution < -0.4 is 19.7 Å². The largest absolute Gasteiger partial charge is 0.493 e. The van der Waals surface area contributed by atoms with Crippen LogP contribution in [0.2, 0.25) is 0 Å². The number of methoxy groups -OCH3 is 1. The van der Waals surface area contributed by atoms with Crippen LogP contribution in [-0.4, -0.2) is 43.2 Å². The van der Waals surface area contributed by atoms with Crippen molar-refractivity contribution in [3.63, 3.8) is 0 Å². The van der Waals surface area contributed by atoms with Gasteiger partial charge in [-0.2, -0.15) is 0 Å². The third kappa shape index (κ3) is 5.56. The van der Waals surface area contributed by atoms with Crippen molar-refractivity contribution in [3.05, 3.63) is 59.2 Å². The number of esters is 1. The monoisotopic (exact) mass is 468 g/mol. The third-order valence-corrected chi connectivity index (χ3v) is 5.14. The molecular weight excluding hydrogens is 444 g/mol. The molecule has 1 fully saturated rings. The van der Waals surface area contributed by atoms with Gasteiger partial charge < -0.3 is 14.2 Å². The second kappa shape index (κ2) is 10.7. The first-order valence-electron chi connectivity index (χ1n) is 10.3. The molecule has 172 valence electrons. The minimum atomic E-state index is -0.590. The number of nitrogens with zero attached hydrogens (tertiary/aromatic N) is 1. The first-order valence-corrected chi connectivity index (χ1v) is 10.8. The normalized spacial score (nSPS) is 14.8. The summed E-state index contributed by atoms with van der Waals surface area (Å²) in [6.07, 6.45) is 2.31. The summed E-state index contributed by atoms with van der Waals surface area (Å²) in [4.78, 5) is 38.5. The van der Waals surface area contributed by atoms with Crippen molar-refractivity contribution in [1.29, 1.82) is 0 Å². The zero-order valence-corrected chi connectivity index (χ0v) is 19.4. The highest BCUT2D eigenvalue weighted by Gasteiger charge is 2.34. The standard InChI is InChI=1S/C24H24N2O6S/c1-4-15-6-9-17(10-7-15)26-23(29)18(22(28)25-24(26)33)12-16-8-11-19(20(13-16)30-3)32-14-21(27)31-5-2/h6-13H,4-5,14H2,1-3H3,(H,25,28,33). The molecule has 9 heteroatoms. The Morgan fingerprint density at radius 3 is 2.45 bits per heavy atom. The molecule has 1 aliphatic rings. The predicted molar refractivity (Wildman–Crippen MR) is 127 cm³/mol. The Balaban J connectivity index is 1.87. The fraction of sp³-hybridized carbons (Fsp3) is 0.250. The lowest BCUT2D eigenvalue weighted by Crippen LogP contribution is -2.54. The van der Waals surface area contributed by atoms with Crippen LogP contribution >= 0.6 is 12.2 Å². The number of anilines is 1. The predicted octanol–water partition coefficient (Wildman–Crippen LogP) is 3.03. The lowest BCUT2D eigenvalue weighted by molar-refractivity contribution is -0.145. The number of carbonyl (C=O) groups is 3. The zero-order valence-electron chi connectivity index (χ0n) is 18.5. The van der Waals surface area contributed by atoms with Crippen molar-refractivity contribution >= 4 is 46.9 Å². The second-order valence-corrected chi connectivity index (χ2v) is 7.37. The molecule has 0 radical (unpaired) electrons. The van der Waals surface area contributed by atoms with Crippen molar-refractivity contribution in [1.82, 2.24) is 5.32 Å². The van der Waals surface area contributed by atoms with Crippen molar-refractivity contribution < 1.29 is 28.6 Å². The maximum Gasteiger partial charge on any atom is 0.344 e. The van der Waals surface area contributed by atoms with E-state index in [1.54, 1.807) is 37.3 Å². The molecule has 1 heterocycles. The Bertz CT molecular complexity index is 1110. The quantitative estimate of drug-likeness (QED) is 0.275. The van der Waals surface area contributed by atoms with Crippen molar-refractivity contribution in [2.75, 3.05) is 25.2 Å². The second-order valence-electron chi connectivity index (χ2n) is 6.98. The molecule has 1 N–H and O–H groups in total. The number of aryl methyl sites for hydroxylation is 1. The number of hydrogen-bond acceptors (Lipinski definition) is 7. The van der Waals surface area contributed by atoms with Gasteiger partial charge in [0.05, 0.1) is 19.4 Å². The molecule has 33 heavy (non-hydrogen) atoms. The lowest BCUT2D eigenvalue weighted by Gasteiger charge is -2.29. The van der Waals surface area contributed by atoms with Crippen LogP contribution in [-0.2, 0) is 25.5 Å². The van der Waals surface area contributed by atoms with Gasteiger partial charge in [-0.15, -0.1) is 0 Å². The van der Waals surface area contributed by atoms with Gasteiger partial charge in [-0.25, -0.2) is 4.79 Å². The fourth-order valence-corrected chi connectivity index (χ4v) is 3.45. The van der Waals surface area contributed by atoms with Crippen molar-refractivity contribution in [3.8, 4) is 11.5 Å². The Hall–Kier alpha value is -3.72. The van der Waals surface area contributed by atoms with E-state index in [1.165, 1.54) is 18.1 Å². The summed E-state index contributed by atoms with van der Waals surface area (Å²) >= 11 is 5.24. The Labute approximate surface area is 197 Å². The average molecular weight is 469 g/mol. The van der Waals surface area contributed by atoms with E-state index in [0.717, 1.165) is 12.0 Å². The van der Waals surface area contributed by atoms with Gasteiger partial charge >= 0.3 is 5.97 Å². The number of benzene rings is 2. The first-order chi connectivity index (χ1) is 15.9. The molecule has 2 aromatic rings. The molecule has 0 spiro atoms. The number of thiocarbonyl (C=S) groups is 1. The molecule has 2 amide bonds. The Kier molecular flexibility index (Phi) is 7.78. The van der Waals surface area contributed by atoms with Gasteiger partial charge in [0.1, 0.15) is 5.57 Å². The van der Waals surface area contributed by atoms with E-state index in [0.29, 0.717) is 22.7 Å². The Morgan fingerprint density at radius 2 is 1.82 bits per heavy atom. The number of hydrogen-bond donors (Lipinski definition) is 1. The molecular formula is C24H24N2O6S. The van der Waals surface area contributed by atoms with Crippen molar-refractivity contribution in [2.45, 2.75) is 20.3 Å². The summed E-state index contributed by atoms with van der Waals surface area (Å²) in [5.74, 6) is -0.966. The van der Waals surface area contributed by atoms with Crippen LogP contribution in [0.1, 0.15) is 25.0 Å². The van der Waals surface area contributed by atoms with E-state index >= 15 is 0 Å². The van der Waals surface area contributed by atoms with E-state index in [4.69, 9.17) is 26.4 Å². The highest BCUT2D eigenvalue weighted by molar-refractivity contribution is 7.80. The molecule has 8 nitrogen and oxygen atoms in total. The molecule has 0 unspecified atom stereocenters.